The average Bonchev–Trinajstić information content (AvgIpc) is 3.01. The molecule has 3 heteroatoms. The average molecular weight is 290 g/mol. The molecule has 5 aliphatic rings. The monoisotopic (exact) mass is 290 g/mol. The molecule has 5 rings (SSSR count). The maximum atomic E-state index is 12.7. The molecule has 2 bridgehead atoms. The van der Waals surface area contributed by atoms with Crippen LogP contribution in [-0.4, -0.2) is 48.4 Å². The van der Waals surface area contributed by atoms with Gasteiger partial charge >= 0.3 is 0 Å². The molecule has 2 aliphatic heterocycles. The smallest absolute Gasteiger partial charge is 0.236 e. The Hall–Kier alpha value is -0.570. The van der Waals surface area contributed by atoms with E-state index in [1.807, 2.05) is 0 Å². The van der Waals surface area contributed by atoms with E-state index in [1.54, 1.807) is 0 Å². The van der Waals surface area contributed by atoms with E-state index in [9.17, 15) is 4.79 Å². The first-order valence-corrected chi connectivity index (χ1v) is 9.25. The van der Waals surface area contributed by atoms with Crippen LogP contribution in [0.1, 0.15) is 57.8 Å². The number of carbonyl (C=O) groups is 1. The van der Waals surface area contributed by atoms with Crippen molar-refractivity contribution in [3.05, 3.63) is 0 Å². The van der Waals surface area contributed by atoms with Crippen LogP contribution in [0.2, 0.25) is 0 Å². The second kappa shape index (κ2) is 5.57. The summed E-state index contributed by atoms with van der Waals surface area (Å²) >= 11 is 0. The van der Waals surface area contributed by atoms with Crippen LogP contribution in [0.15, 0.2) is 0 Å². The van der Waals surface area contributed by atoms with Gasteiger partial charge in [-0.3, -0.25) is 9.69 Å². The van der Waals surface area contributed by atoms with Gasteiger partial charge in [-0.25, -0.2) is 0 Å². The van der Waals surface area contributed by atoms with Crippen LogP contribution in [0.25, 0.3) is 0 Å². The molecule has 0 aromatic heterocycles. The minimum atomic E-state index is 0.414. The normalized spacial score (nSPS) is 40.1. The van der Waals surface area contributed by atoms with Crippen molar-refractivity contribution < 1.29 is 4.79 Å². The Morgan fingerprint density at radius 2 is 1.76 bits per heavy atom. The minimum absolute atomic E-state index is 0.414. The Labute approximate surface area is 129 Å². The van der Waals surface area contributed by atoms with Gasteiger partial charge in [0.2, 0.25) is 5.91 Å². The predicted octanol–water partition coefficient (Wildman–Crippen LogP) is 2.90. The van der Waals surface area contributed by atoms with Crippen molar-refractivity contribution in [1.82, 2.24) is 9.80 Å². The van der Waals surface area contributed by atoms with E-state index in [0.29, 0.717) is 17.9 Å². The first-order chi connectivity index (χ1) is 10.3. The molecule has 3 saturated carbocycles. The summed E-state index contributed by atoms with van der Waals surface area (Å²) in [6, 6.07) is 0. The fraction of sp³-hybridized carbons (Fsp3) is 0.944. The molecule has 3 nitrogen and oxygen atoms in total. The van der Waals surface area contributed by atoms with Gasteiger partial charge in [0.05, 0.1) is 6.54 Å². The molecule has 1 amide bonds. The highest BCUT2D eigenvalue weighted by Gasteiger charge is 2.49. The zero-order chi connectivity index (χ0) is 14.3. The SMILES string of the molecule is O=C(CN1CCCC1)N1CCCC2(CC3CCC2CC3)C1. The summed E-state index contributed by atoms with van der Waals surface area (Å²) in [5, 5.41) is 0. The number of hydrogen-bond donors (Lipinski definition) is 0. The summed E-state index contributed by atoms with van der Waals surface area (Å²) in [6.45, 7) is 5.06. The molecular weight excluding hydrogens is 260 g/mol. The number of rotatable bonds is 2. The Balaban J connectivity index is 1.41. The van der Waals surface area contributed by atoms with Gasteiger partial charge in [0.15, 0.2) is 0 Å². The molecule has 2 saturated heterocycles. The van der Waals surface area contributed by atoms with E-state index in [-0.39, 0.29) is 0 Å². The summed E-state index contributed by atoms with van der Waals surface area (Å²) in [5.41, 5.74) is 0.514. The third kappa shape index (κ3) is 2.62. The Bertz CT molecular complexity index is 396. The Morgan fingerprint density at radius 1 is 1.00 bits per heavy atom. The maximum absolute atomic E-state index is 12.7. The van der Waals surface area contributed by atoms with Crippen molar-refractivity contribution in [2.45, 2.75) is 57.8 Å². The maximum Gasteiger partial charge on any atom is 0.236 e. The Kier molecular flexibility index (Phi) is 3.72. The number of piperidine rings is 1. The first kappa shape index (κ1) is 14.0. The lowest BCUT2D eigenvalue weighted by molar-refractivity contribution is -0.140. The van der Waals surface area contributed by atoms with Crippen molar-refractivity contribution in [3.63, 3.8) is 0 Å². The number of nitrogens with zero attached hydrogens (tertiary/aromatic N) is 2. The van der Waals surface area contributed by atoms with Crippen LogP contribution in [-0.2, 0) is 4.79 Å². The van der Waals surface area contributed by atoms with Crippen molar-refractivity contribution in [3.8, 4) is 0 Å². The molecule has 1 unspecified atom stereocenters. The highest BCUT2D eigenvalue weighted by Crippen LogP contribution is 2.56. The van der Waals surface area contributed by atoms with Gasteiger partial charge in [-0.15, -0.1) is 0 Å². The second-order valence-electron chi connectivity index (χ2n) is 8.19. The molecule has 5 fully saturated rings. The van der Waals surface area contributed by atoms with E-state index in [0.717, 1.165) is 38.0 Å². The highest BCUT2D eigenvalue weighted by atomic mass is 16.2. The predicted molar refractivity (Wildman–Crippen MR) is 84.0 cm³/mol. The van der Waals surface area contributed by atoms with Gasteiger partial charge < -0.3 is 4.90 Å². The van der Waals surface area contributed by atoms with E-state index in [4.69, 9.17) is 0 Å². The summed E-state index contributed by atoms with van der Waals surface area (Å²) < 4.78 is 0. The zero-order valence-corrected chi connectivity index (χ0v) is 13.4. The number of fused-ring (bicyclic) bond motifs is 2. The molecule has 1 spiro atoms. The molecule has 0 aromatic carbocycles. The molecule has 21 heavy (non-hydrogen) atoms. The van der Waals surface area contributed by atoms with Crippen LogP contribution in [0, 0.1) is 17.3 Å². The lowest BCUT2D eigenvalue weighted by atomic mass is 9.53. The highest BCUT2D eigenvalue weighted by molar-refractivity contribution is 5.78. The molecule has 0 radical (unpaired) electrons. The van der Waals surface area contributed by atoms with Crippen LogP contribution in [0.5, 0.6) is 0 Å². The van der Waals surface area contributed by atoms with Gasteiger partial charge in [0, 0.05) is 13.1 Å². The summed E-state index contributed by atoms with van der Waals surface area (Å²) in [6.07, 6.45) is 12.4. The number of hydrogen-bond acceptors (Lipinski definition) is 2. The van der Waals surface area contributed by atoms with Crippen LogP contribution < -0.4 is 0 Å². The summed E-state index contributed by atoms with van der Waals surface area (Å²) in [7, 11) is 0. The van der Waals surface area contributed by atoms with Crippen molar-refractivity contribution >= 4 is 5.91 Å². The van der Waals surface area contributed by atoms with Gasteiger partial charge in [-0.05, 0) is 75.3 Å². The van der Waals surface area contributed by atoms with Crippen LogP contribution in [0.3, 0.4) is 0 Å². The van der Waals surface area contributed by atoms with Crippen molar-refractivity contribution in [2.24, 2.45) is 17.3 Å². The van der Waals surface area contributed by atoms with Crippen molar-refractivity contribution in [1.29, 1.82) is 0 Å². The molecule has 1 atom stereocenters. The van der Waals surface area contributed by atoms with Crippen LogP contribution >= 0.6 is 0 Å². The minimum Gasteiger partial charge on any atom is -0.341 e. The van der Waals surface area contributed by atoms with Gasteiger partial charge in [0.25, 0.3) is 0 Å². The fourth-order valence-corrected chi connectivity index (χ4v) is 5.83. The largest absolute Gasteiger partial charge is 0.341 e. The number of amides is 1. The summed E-state index contributed by atoms with van der Waals surface area (Å²) in [4.78, 5) is 17.3. The number of likely N-dealkylation sites (tertiary alicyclic amines) is 2. The molecular formula is C18H30N2O. The van der Waals surface area contributed by atoms with Gasteiger partial charge in [-0.1, -0.05) is 12.8 Å². The van der Waals surface area contributed by atoms with Crippen LogP contribution in [0.4, 0.5) is 0 Å². The third-order valence-corrected chi connectivity index (χ3v) is 6.93. The molecule has 0 N–H and O–H groups in total. The third-order valence-electron chi connectivity index (χ3n) is 6.93. The molecule has 0 aromatic rings. The quantitative estimate of drug-likeness (QED) is 0.781. The first-order valence-electron chi connectivity index (χ1n) is 9.25. The molecule has 3 aliphatic carbocycles. The summed E-state index contributed by atoms with van der Waals surface area (Å²) in [5.74, 6) is 2.31. The van der Waals surface area contributed by atoms with Crippen molar-refractivity contribution in [2.75, 3.05) is 32.7 Å². The standard InChI is InChI=1S/C18H30N2O/c21-17(13-19-9-1-2-10-19)20-11-3-8-18(14-20)12-15-4-6-16(18)7-5-15/h15-16H,1-14H2. The fourth-order valence-electron chi connectivity index (χ4n) is 5.83. The number of carbonyl (C=O) groups excluding carboxylic acids is 1. The lowest BCUT2D eigenvalue weighted by Gasteiger charge is -2.56. The van der Waals surface area contributed by atoms with E-state index >= 15 is 0 Å². The zero-order valence-electron chi connectivity index (χ0n) is 13.4. The van der Waals surface area contributed by atoms with E-state index in [2.05, 4.69) is 9.80 Å². The van der Waals surface area contributed by atoms with E-state index in [1.165, 1.54) is 57.8 Å². The van der Waals surface area contributed by atoms with Gasteiger partial charge in [-0.2, -0.15) is 0 Å². The second-order valence-corrected chi connectivity index (χ2v) is 8.19. The van der Waals surface area contributed by atoms with Gasteiger partial charge in [0.1, 0.15) is 0 Å². The molecule has 118 valence electrons. The lowest BCUT2D eigenvalue weighted by Crippen LogP contribution is -2.54. The molecule has 2 heterocycles. The Morgan fingerprint density at radius 3 is 2.43 bits per heavy atom. The topological polar surface area (TPSA) is 23.6 Å². The van der Waals surface area contributed by atoms with E-state index < -0.39 is 0 Å².